The van der Waals surface area contributed by atoms with Crippen LogP contribution in [0, 0.1) is 0 Å². The van der Waals surface area contributed by atoms with Gasteiger partial charge in [-0.25, -0.2) is 29.9 Å². The van der Waals surface area contributed by atoms with Crippen molar-refractivity contribution in [3.63, 3.8) is 0 Å². The van der Waals surface area contributed by atoms with E-state index < -0.39 is 0 Å². The standard InChI is InChI=1S/C28H28N4.C26H26N6.C20H24N4.2C18H22N6/c1-31(2)17-27-23-13-19-9-5-7-11-21(19)15-25(23)30-28(18-32(3)4)24-14-20-10-6-8-12-22(20)16-26(24)29-27;1-31(2)15-23-25-21(13-17-9-5-7-11-19(17)29-25)28-24(16-32(3)4)26-22(27-23)14-18-10-6-8-12-20(18)30-26;1-23(2)13-19-15-9-5-7-11-17(15)22-20(14-24(3)4)16-10-6-8-12-18(16)21-19;1-23(2)11-17-13-9-19-7-5-15(13)22-18(12-24(3)4)14-10-20-8-6-16(14)21-17;1-23(2)11-15-17-13(7-5-9-19-17)22-16(12-24(3)4)18-14(21-15)8-6-10-20-18/h5-16H,17-18H2,1-4H3;5-14H,15-16H2,1-4H3;5-12H,13-14H2,1-4H3;2*5-10H,11-12H2,1-4H3. The van der Waals surface area contributed by atoms with Gasteiger partial charge in [0, 0.05) is 147 Å². The minimum absolute atomic E-state index is 0.656. The first kappa shape index (κ1) is 96.6. The number of pyridine rings is 6. The maximum absolute atomic E-state index is 5.27. The molecular weight excluding hydrogens is 1690 g/mol. The lowest BCUT2D eigenvalue weighted by atomic mass is 9.97. The average Bonchev–Trinajstić information content (AvgIpc) is 0.761. The molecule has 0 atom stereocenters. The van der Waals surface area contributed by atoms with Crippen LogP contribution < -0.4 is 0 Å². The van der Waals surface area contributed by atoms with E-state index in [-0.39, 0.29) is 0 Å². The molecule has 11 heterocycles. The molecule has 0 N–H and O–H groups in total. The Morgan fingerprint density at radius 1 is 0.176 bits per heavy atom. The summed E-state index contributed by atoms with van der Waals surface area (Å²) in [6.07, 6.45) is 10.8. The fourth-order valence-corrected chi connectivity index (χ4v) is 16.6. The van der Waals surface area contributed by atoms with Crippen LogP contribution in [0.1, 0.15) is 56.2 Å². The van der Waals surface area contributed by atoms with Gasteiger partial charge in [-0.3, -0.25) is 49.9 Å². The minimum atomic E-state index is 0.656. The van der Waals surface area contributed by atoms with E-state index in [1.165, 1.54) is 21.5 Å². The van der Waals surface area contributed by atoms with E-state index in [0.29, 0.717) is 26.2 Å². The third-order valence-corrected chi connectivity index (χ3v) is 22.3. The van der Waals surface area contributed by atoms with Gasteiger partial charge in [-0.2, -0.15) is 0 Å². The van der Waals surface area contributed by atoms with E-state index in [2.05, 4.69) is 259 Å². The van der Waals surface area contributed by atoms with E-state index >= 15 is 0 Å². The van der Waals surface area contributed by atoms with Gasteiger partial charge < -0.3 is 49.0 Å². The van der Waals surface area contributed by atoms with E-state index in [9.17, 15) is 0 Å². The number of likely N-dealkylation sites (N-methyl/N-ethyl adjacent to an activating group) is 10. The van der Waals surface area contributed by atoms with E-state index in [4.69, 9.17) is 59.9 Å². The van der Waals surface area contributed by atoms with Gasteiger partial charge in [0.1, 0.15) is 22.8 Å². The Kier molecular flexibility index (Phi) is 31.6. The molecule has 8 aromatic carbocycles. The Bertz CT molecular complexity index is 6090. The number of aromatic nitrogens is 6. The predicted molar refractivity (Wildman–Crippen MR) is 569 cm³/mol. The van der Waals surface area contributed by atoms with Crippen molar-refractivity contribution in [2.24, 2.45) is 49.9 Å². The summed E-state index contributed by atoms with van der Waals surface area (Å²) in [6, 6.07) is 74.6. The lowest BCUT2D eigenvalue weighted by Gasteiger charge is -2.22. The topological polar surface area (TPSA) is 233 Å². The number of rotatable bonds is 20. The molecule has 0 aliphatic carbocycles. The largest absolute Gasteiger partial charge is 0.304 e. The lowest BCUT2D eigenvalue weighted by molar-refractivity contribution is 0.469. The molecule has 5 aliphatic heterocycles. The zero-order valence-corrected chi connectivity index (χ0v) is 81.9. The second kappa shape index (κ2) is 44.4. The van der Waals surface area contributed by atoms with Gasteiger partial charge in [-0.05, 0) is 260 Å². The summed E-state index contributed by atoms with van der Waals surface area (Å²) in [5.74, 6) is 0. The molecule has 0 amide bonds. The van der Waals surface area contributed by atoms with Crippen LogP contribution >= 0.6 is 0 Å². The molecule has 26 heteroatoms. The molecule has 5 aliphatic rings. The number of hydrogen-bond donors (Lipinski definition) is 0. The van der Waals surface area contributed by atoms with E-state index in [1.54, 1.807) is 24.8 Å². The molecule has 0 saturated heterocycles. The zero-order valence-electron chi connectivity index (χ0n) is 81.9. The summed E-state index contributed by atoms with van der Waals surface area (Å²) < 4.78 is 0. The number of para-hydroxylation sites is 4. The summed E-state index contributed by atoms with van der Waals surface area (Å²) in [5, 5.41) is 6.94. The smallest absolute Gasteiger partial charge is 0.112 e. The van der Waals surface area contributed by atoms with Crippen LogP contribution in [0.15, 0.2) is 305 Å². The van der Waals surface area contributed by atoms with Crippen molar-refractivity contribution in [3.05, 3.63) is 312 Å². The van der Waals surface area contributed by atoms with Gasteiger partial charge in [-0.1, -0.05) is 121 Å². The molecule has 692 valence electrons. The first-order valence-corrected chi connectivity index (χ1v) is 45.7. The van der Waals surface area contributed by atoms with E-state index in [0.717, 1.165) is 231 Å². The van der Waals surface area contributed by atoms with Gasteiger partial charge in [0.15, 0.2) is 0 Å². The average molecular weight is 1810 g/mol. The van der Waals surface area contributed by atoms with Crippen LogP contribution in [-0.2, 0) is 0 Å². The SMILES string of the molecule is CN(C)CC1=Nc2cc3ccccc3cc2C(CN(C)C)=Nc2cc3ccccc3cc21.CN(C)CC1=Nc2cc3ccccc3nc2C(CN(C)C)=Nc2cc3ccccc3nc21.CN(C)CC1=Nc2ccccc2C(CN(C)C)=Nc2ccccc21.CN(C)CC1=Nc2cccnc2C(CN(C)C)=Nc2cccnc21.CN(C)CC1=Nc2ccncc2C(CN(C)C)=Nc2ccncc21. The first-order valence-electron chi connectivity index (χ1n) is 45.7. The Morgan fingerprint density at radius 2 is 0.412 bits per heavy atom. The molecule has 0 bridgehead atoms. The second-order valence-corrected chi connectivity index (χ2v) is 37.1. The number of hydrogen-bond acceptors (Lipinski definition) is 26. The highest BCUT2D eigenvalue weighted by Crippen LogP contribution is 2.39. The number of aliphatic imine (C=N–C) groups is 10. The fraction of sp³-hybridized carbons (Fsp3) is 0.273. The number of fused-ring (bicyclic) bond motifs is 14. The third-order valence-electron chi connectivity index (χ3n) is 22.3. The van der Waals surface area contributed by atoms with Crippen LogP contribution in [0.25, 0.3) is 43.4 Å². The van der Waals surface area contributed by atoms with Crippen LogP contribution in [0.3, 0.4) is 0 Å². The molecule has 136 heavy (non-hydrogen) atoms. The first-order chi connectivity index (χ1) is 65.6. The molecular formula is C110H122N26. The van der Waals surface area contributed by atoms with Crippen molar-refractivity contribution in [1.29, 1.82) is 0 Å². The minimum Gasteiger partial charge on any atom is -0.304 e. The molecule has 0 radical (unpaired) electrons. The van der Waals surface area contributed by atoms with Gasteiger partial charge >= 0.3 is 0 Å². The van der Waals surface area contributed by atoms with E-state index in [1.807, 2.05) is 182 Å². The highest BCUT2D eigenvalue weighted by Gasteiger charge is 2.28. The molecule has 19 rings (SSSR count). The van der Waals surface area contributed by atoms with Gasteiger partial charge in [0.2, 0.25) is 0 Å². The Hall–Kier alpha value is -14.0. The quantitative estimate of drug-likeness (QED) is 0.0690. The lowest BCUT2D eigenvalue weighted by Crippen LogP contribution is -2.26. The van der Waals surface area contributed by atoms with Crippen molar-refractivity contribution in [1.82, 2.24) is 78.9 Å². The number of nitrogens with zero attached hydrogens (tertiary/aromatic N) is 26. The Labute approximate surface area is 799 Å². The maximum Gasteiger partial charge on any atom is 0.112 e. The monoisotopic (exact) mass is 1810 g/mol. The molecule has 0 saturated carbocycles. The van der Waals surface area contributed by atoms with Crippen molar-refractivity contribution >= 4 is 157 Å². The highest BCUT2D eigenvalue weighted by molar-refractivity contribution is 6.20. The third kappa shape index (κ3) is 24.4. The fourth-order valence-electron chi connectivity index (χ4n) is 16.6. The Morgan fingerprint density at radius 3 is 0.750 bits per heavy atom. The molecule has 0 unspecified atom stereocenters. The summed E-state index contributed by atoms with van der Waals surface area (Å²) in [5.41, 5.74) is 30.4. The summed E-state index contributed by atoms with van der Waals surface area (Å²) in [4.78, 5) is 99.4. The van der Waals surface area contributed by atoms with Crippen molar-refractivity contribution in [3.8, 4) is 0 Å². The maximum atomic E-state index is 5.27. The summed E-state index contributed by atoms with van der Waals surface area (Å²) in [7, 11) is 41.0. The second-order valence-electron chi connectivity index (χ2n) is 37.1. The van der Waals surface area contributed by atoms with Crippen LogP contribution in [0.5, 0.6) is 0 Å². The molecule has 26 nitrogen and oxygen atoms in total. The normalized spacial score (nSPS) is 13.7. The Balaban J connectivity index is 0.000000130. The molecule has 0 spiro atoms. The summed E-state index contributed by atoms with van der Waals surface area (Å²) >= 11 is 0. The number of benzene rings is 8. The molecule has 6 aromatic heterocycles. The predicted octanol–water partition coefficient (Wildman–Crippen LogP) is 17.8. The highest BCUT2D eigenvalue weighted by atomic mass is 15.1. The van der Waals surface area contributed by atoms with Gasteiger partial charge in [0.05, 0.1) is 125 Å². The van der Waals surface area contributed by atoms with Crippen molar-refractivity contribution in [2.75, 3.05) is 206 Å². The van der Waals surface area contributed by atoms with Crippen molar-refractivity contribution in [2.45, 2.75) is 0 Å². The van der Waals surface area contributed by atoms with Crippen LogP contribution in [0.2, 0.25) is 0 Å². The van der Waals surface area contributed by atoms with Crippen molar-refractivity contribution < 1.29 is 0 Å². The summed E-state index contributed by atoms with van der Waals surface area (Å²) in [6.45, 7) is 7.19. The van der Waals surface area contributed by atoms with Crippen LogP contribution in [-0.4, -0.2) is 342 Å². The van der Waals surface area contributed by atoms with Gasteiger partial charge in [0.25, 0.3) is 0 Å². The zero-order chi connectivity index (χ0) is 95.8. The molecule has 0 fully saturated rings. The molecule has 14 aromatic rings. The van der Waals surface area contributed by atoms with Gasteiger partial charge in [-0.15, -0.1) is 0 Å². The van der Waals surface area contributed by atoms with Crippen LogP contribution in [0.4, 0.5) is 56.9 Å².